The van der Waals surface area contributed by atoms with Crippen molar-refractivity contribution >= 4 is 33.9 Å². The summed E-state index contributed by atoms with van der Waals surface area (Å²) >= 11 is 6.13. The number of carbonyl (C=O) groups excluding carboxylic acids is 1. The van der Waals surface area contributed by atoms with E-state index in [0.29, 0.717) is 29.2 Å². The Hall–Kier alpha value is -2.16. The Morgan fingerprint density at radius 1 is 1.38 bits per heavy atom. The number of hydrogen-bond donors (Lipinski definition) is 2. The highest BCUT2D eigenvalue weighted by atomic mass is 35.5. The largest absolute Gasteiger partial charge is 0.368 e. The number of allylic oxidation sites excluding steroid dienone is 2. The molecule has 0 saturated carbocycles. The second kappa shape index (κ2) is 9.11. The minimum absolute atomic E-state index is 0.0244. The molecule has 9 heteroatoms. The molecule has 2 N–H and O–H groups in total. The normalized spacial score (nSPS) is 21.9. The first kappa shape index (κ1) is 21.5. The summed E-state index contributed by atoms with van der Waals surface area (Å²) in [6, 6.07) is 7.15. The number of nitrogens with one attached hydrogen (secondary N) is 2. The van der Waals surface area contributed by atoms with E-state index >= 15 is 0 Å². The van der Waals surface area contributed by atoms with Crippen LogP contribution in [0.2, 0.25) is 5.02 Å². The van der Waals surface area contributed by atoms with Gasteiger partial charge in [-0.1, -0.05) is 35.9 Å². The number of rotatable bonds is 6. The van der Waals surface area contributed by atoms with Crippen LogP contribution in [0.4, 0.5) is 0 Å². The molecule has 3 rings (SSSR count). The van der Waals surface area contributed by atoms with Crippen LogP contribution in [0.5, 0.6) is 0 Å². The van der Waals surface area contributed by atoms with Crippen LogP contribution < -0.4 is 10.6 Å². The molecular weight excluding hydrogens is 412 g/mol. The predicted octanol–water partition coefficient (Wildman–Crippen LogP) is 1.93. The monoisotopic (exact) mass is 436 g/mol. The molecule has 1 fully saturated rings. The quantitative estimate of drug-likeness (QED) is 0.525. The molecule has 156 valence electrons. The third-order valence-corrected chi connectivity index (χ3v) is 6.65. The maximum Gasteiger partial charge on any atom is 0.280 e. The third kappa shape index (κ3) is 5.46. The van der Waals surface area contributed by atoms with E-state index in [9.17, 15) is 13.2 Å². The smallest absolute Gasteiger partial charge is 0.280 e. The lowest BCUT2D eigenvalue weighted by atomic mass is 9.82. The fourth-order valence-electron chi connectivity index (χ4n) is 3.53. The molecule has 2 atom stereocenters. The Kier molecular flexibility index (Phi) is 6.77. The van der Waals surface area contributed by atoms with E-state index < -0.39 is 10.0 Å². The molecule has 0 aromatic heterocycles. The standard InChI is InChI=1S/C20H25ClN4O3S/c1-25(2)13-23-29(27,28)19-11-16(9-15-12-22-8-7-17(15)19)24-20(26)10-14-5-3-4-6-18(14)21/h3-6,9,11,13,15,17,22H,7-8,10,12H2,1-2H3,(H,24,26)/b23-13+. The van der Waals surface area contributed by atoms with Crippen molar-refractivity contribution in [1.29, 1.82) is 0 Å². The van der Waals surface area contributed by atoms with Gasteiger partial charge in [0.1, 0.15) is 6.34 Å². The van der Waals surface area contributed by atoms with Gasteiger partial charge in [-0.15, -0.1) is 4.40 Å². The van der Waals surface area contributed by atoms with Crippen molar-refractivity contribution in [2.24, 2.45) is 16.2 Å². The lowest BCUT2D eigenvalue weighted by molar-refractivity contribution is -0.119. The number of hydrogen-bond acceptors (Lipinski definition) is 4. The molecule has 1 saturated heterocycles. The minimum Gasteiger partial charge on any atom is -0.368 e. The fourth-order valence-corrected chi connectivity index (χ4v) is 5.12. The van der Waals surface area contributed by atoms with Crippen LogP contribution in [-0.4, -0.2) is 52.7 Å². The van der Waals surface area contributed by atoms with E-state index in [-0.39, 0.29) is 29.1 Å². The van der Waals surface area contributed by atoms with E-state index in [2.05, 4.69) is 15.0 Å². The molecule has 0 radical (unpaired) electrons. The number of nitrogens with zero attached hydrogens (tertiary/aromatic N) is 2. The number of sulfonamides is 1. The van der Waals surface area contributed by atoms with Crippen molar-refractivity contribution in [3.63, 3.8) is 0 Å². The van der Waals surface area contributed by atoms with Crippen LogP contribution in [0.3, 0.4) is 0 Å². The molecule has 1 aliphatic carbocycles. The van der Waals surface area contributed by atoms with Gasteiger partial charge in [-0.25, -0.2) is 0 Å². The van der Waals surface area contributed by atoms with Gasteiger partial charge in [0.25, 0.3) is 10.0 Å². The van der Waals surface area contributed by atoms with Crippen LogP contribution in [0.15, 0.2) is 51.4 Å². The number of halogens is 1. The first-order chi connectivity index (χ1) is 13.8. The average Bonchev–Trinajstić information content (AvgIpc) is 2.67. The highest BCUT2D eigenvalue weighted by Crippen LogP contribution is 2.36. The number of amides is 1. The lowest BCUT2D eigenvalue weighted by Crippen LogP contribution is -2.40. The number of piperidine rings is 1. The first-order valence-electron chi connectivity index (χ1n) is 9.40. The molecule has 2 unspecified atom stereocenters. The molecule has 1 amide bonds. The second-order valence-corrected chi connectivity index (χ2v) is 9.45. The average molecular weight is 437 g/mol. The van der Waals surface area contributed by atoms with Crippen molar-refractivity contribution in [2.45, 2.75) is 12.8 Å². The molecule has 1 aromatic carbocycles. The van der Waals surface area contributed by atoms with Crippen LogP contribution in [-0.2, 0) is 21.2 Å². The van der Waals surface area contributed by atoms with Gasteiger partial charge in [0.2, 0.25) is 5.91 Å². The van der Waals surface area contributed by atoms with Gasteiger partial charge in [-0.2, -0.15) is 8.42 Å². The Bertz CT molecular complexity index is 970. The Morgan fingerprint density at radius 3 is 2.86 bits per heavy atom. The second-order valence-electron chi connectivity index (χ2n) is 7.41. The molecule has 0 spiro atoms. The summed E-state index contributed by atoms with van der Waals surface area (Å²) in [5.74, 6) is -0.426. The molecule has 1 aliphatic heterocycles. The Labute approximate surface area is 176 Å². The van der Waals surface area contributed by atoms with Gasteiger partial charge >= 0.3 is 0 Å². The Balaban J connectivity index is 1.84. The third-order valence-electron chi connectivity index (χ3n) is 4.89. The molecule has 1 heterocycles. The van der Waals surface area contributed by atoms with E-state index in [1.807, 2.05) is 12.1 Å². The Morgan fingerprint density at radius 2 is 2.14 bits per heavy atom. The summed E-state index contributed by atoms with van der Waals surface area (Å²) in [5.41, 5.74) is 1.19. The predicted molar refractivity (Wildman–Crippen MR) is 115 cm³/mol. The summed E-state index contributed by atoms with van der Waals surface area (Å²) in [7, 11) is -0.415. The zero-order valence-corrected chi connectivity index (χ0v) is 18.0. The van der Waals surface area contributed by atoms with Crippen molar-refractivity contribution in [2.75, 3.05) is 27.2 Å². The summed E-state index contributed by atoms with van der Waals surface area (Å²) in [6.45, 7) is 1.40. The molecule has 7 nitrogen and oxygen atoms in total. The summed E-state index contributed by atoms with van der Waals surface area (Å²) in [6.07, 6.45) is 5.55. The summed E-state index contributed by atoms with van der Waals surface area (Å²) in [4.78, 5) is 14.3. The molecule has 1 aromatic rings. The summed E-state index contributed by atoms with van der Waals surface area (Å²) in [5, 5.41) is 6.63. The minimum atomic E-state index is -3.84. The van der Waals surface area contributed by atoms with Gasteiger partial charge in [-0.3, -0.25) is 4.79 Å². The first-order valence-corrected chi connectivity index (χ1v) is 11.2. The van der Waals surface area contributed by atoms with Crippen molar-refractivity contribution in [3.05, 3.63) is 57.6 Å². The molecular formula is C20H25ClN4O3S. The number of carbonyl (C=O) groups is 1. The highest BCUT2D eigenvalue weighted by molar-refractivity contribution is 7.94. The highest BCUT2D eigenvalue weighted by Gasteiger charge is 2.36. The van der Waals surface area contributed by atoms with Crippen LogP contribution in [0.25, 0.3) is 0 Å². The SMILES string of the molecule is CN(C)/C=N/S(=O)(=O)C1=CC(NC(=O)Cc2ccccc2Cl)=CC2CNCCC12. The molecule has 0 bridgehead atoms. The van der Waals surface area contributed by atoms with Crippen LogP contribution >= 0.6 is 11.6 Å². The lowest BCUT2D eigenvalue weighted by Gasteiger charge is -2.34. The van der Waals surface area contributed by atoms with Crippen molar-refractivity contribution < 1.29 is 13.2 Å². The number of benzene rings is 1. The van der Waals surface area contributed by atoms with Crippen molar-refractivity contribution in [3.8, 4) is 0 Å². The maximum absolute atomic E-state index is 12.8. The fraction of sp³-hybridized carbons (Fsp3) is 0.400. The van der Waals surface area contributed by atoms with Gasteiger partial charge in [0.05, 0.1) is 11.3 Å². The van der Waals surface area contributed by atoms with E-state index in [1.165, 1.54) is 6.34 Å². The van der Waals surface area contributed by atoms with E-state index in [0.717, 1.165) is 6.54 Å². The van der Waals surface area contributed by atoms with Crippen molar-refractivity contribution in [1.82, 2.24) is 15.5 Å². The summed E-state index contributed by atoms with van der Waals surface area (Å²) < 4.78 is 29.5. The topological polar surface area (TPSA) is 90.9 Å². The zero-order chi connectivity index (χ0) is 21.0. The van der Waals surface area contributed by atoms with Gasteiger partial charge < -0.3 is 15.5 Å². The van der Waals surface area contributed by atoms with Gasteiger partial charge in [-0.05, 0) is 36.6 Å². The maximum atomic E-state index is 12.8. The molecule has 2 aliphatic rings. The zero-order valence-electron chi connectivity index (χ0n) is 16.4. The van der Waals surface area contributed by atoms with Gasteiger partial charge in [0, 0.05) is 37.3 Å². The van der Waals surface area contributed by atoms with Crippen LogP contribution in [0.1, 0.15) is 12.0 Å². The van der Waals surface area contributed by atoms with E-state index in [1.54, 1.807) is 43.3 Å². The number of fused-ring (bicyclic) bond motifs is 1. The molecule has 29 heavy (non-hydrogen) atoms. The van der Waals surface area contributed by atoms with Crippen LogP contribution in [0, 0.1) is 11.8 Å². The van der Waals surface area contributed by atoms with E-state index in [4.69, 9.17) is 11.6 Å². The van der Waals surface area contributed by atoms with Gasteiger partial charge in [0.15, 0.2) is 0 Å².